The molecule has 0 spiro atoms. The molecule has 0 saturated carbocycles. The molecule has 98 valence electrons. The van der Waals surface area contributed by atoms with Gasteiger partial charge in [0.05, 0.1) is 6.61 Å². The third-order valence-electron chi connectivity index (χ3n) is 3.41. The van der Waals surface area contributed by atoms with Crippen LogP contribution in [0.2, 0.25) is 0 Å². The number of phenolic OH excluding ortho intramolecular Hbond substituents is 1. The quantitative estimate of drug-likeness (QED) is 0.884. The fraction of sp³-hybridized carbons (Fsp3) is 0.250. The van der Waals surface area contributed by atoms with Gasteiger partial charge in [0.1, 0.15) is 11.5 Å². The van der Waals surface area contributed by atoms with E-state index in [9.17, 15) is 5.11 Å². The second kappa shape index (κ2) is 4.84. The van der Waals surface area contributed by atoms with Crippen molar-refractivity contribution >= 4 is 5.69 Å². The molecule has 0 radical (unpaired) electrons. The van der Waals surface area contributed by atoms with Gasteiger partial charge in [-0.25, -0.2) is 0 Å². The normalized spacial score (nSPS) is 12.9. The summed E-state index contributed by atoms with van der Waals surface area (Å²) in [6, 6.07) is 11.8. The van der Waals surface area contributed by atoms with Crippen LogP contribution in [0.15, 0.2) is 36.4 Å². The van der Waals surface area contributed by atoms with Crippen LogP contribution in [-0.4, -0.2) is 11.7 Å². The van der Waals surface area contributed by atoms with Crippen molar-refractivity contribution in [3.8, 4) is 11.5 Å². The molecule has 0 aromatic heterocycles. The van der Waals surface area contributed by atoms with E-state index in [0.29, 0.717) is 12.3 Å². The number of benzene rings is 2. The maximum absolute atomic E-state index is 9.81. The highest BCUT2D eigenvalue weighted by molar-refractivity contribution is 5.53. The van der Waals surface area contributed by atoms with Crippen LogP contribution in [0.4, 0.5) is 5.69 Å². The summed E-state index contributed by atoms with van der Waals surface area (Å²) in [5.41, 5.74) is 4.37. The van der Waals surface area contributed by atoms with Crippen LogP contribution in [0.1, 0.15) is 16.7 Å². The third-order valence-corrected chi connectivity index (χ3v) is 3.41. The van der Waals surface area contributed by atoms with Crippen LogP contribution in [-0.2, 0) is 13.0 Å². The van der Waals surface area contributed by atoms with E-state index in [2.05, 4.69) is 11.4 Å². The lowest BCUT2D eigenvalue weighted by Crippen LogP contribution is -2.00. The van der Waals surface area contributed by atoms with E-state index < -0.39 is 0 Å². The number of aromatic hydroxyl groups is 1. The van der Waals surface area contributed by atoms with Gasteiger partial charge in [-0.15, -0.1) is 0 Å². The predicted octanol–water partition coefficient (Wildman–Crippen LogP) is 3.25. The molecule has 19 heavy (non-hydrogen) atoms. The van der Waals surface area contributed by atoms with Crippen molar-refractivity contribution in [3.63, 3.8) is 0 Å². The van der Waals surface area contributed by atoms with E-state index in [4.69, 9.17) is 4.74 Å². The molecule has 3 nitrogen and oxygen atoms in total. The van der Waals surface area contributed by atoms with Gasteiger partial charge in [0.15, 0.2) is 0 Å². The van der Waals surface area contributed by atoms with E-state index in [-0.39, 0.29) is 0 Å². The molecule has 0 saturated heterocycles. The van der Waals surface area contributed by atoms with Gasteiger partial charge < -0.3 is 15.2 Å². The standard InChI is InChI=1S/C16H17NO2/c1-11-2-4-15(18)13(8-11)10-17-14-3-5-16-12(9-14)6-7-19-16/h2-5,8-9,17-18H,6-7,10H2,1H3. The van der Waals surface area contributed by atoms with Crippen LogP contribution in [0.3, 0.4) is 0 Å². The van der Waals surface area contributed by atoms with Crippen LogP contribution in [0.25, 0.3) is 0 Å². The van der Waals surface area contributed by atoms with Gasteiger partial charge in [-0.3, -0.25) is 0 Å². The van der Waals surface area contributed by atoms with Gasteiger partial charge in [0, 0.05) is 24.2 Å². The fourth-order valence-electron chi connectivity index (χ4n) is 2.35. The number of fused-ring (bicyclic) bond motifs is 1. The molecular weight excluding hydrogens is 238 g/mol. The van der Waals surface area contributed by atoms with E-state index in [1.54, 1.807) is 6.07 Å². The summed E-state index contributed by atoms with van der Waals surface area (Å²) in [5.74, 6) is 1.33. The van der Waals surface area contributed by atoms with Crippen LogP contribution >= 0.6 is 0 Å². The summed E-state index contributed by atoms with van der Waals surface area (Å²) in [5, 5.41) is 13.2. The summed E-state index contributed by atoms with van der Waals surface area (Å²) in [6.07, 6.45) is 0.973. The monoisotopic (exact) mass is 255 g/mol. The number of hydrogen-bond donors (Lipinski definition) is 2. The lowest BCUT2D eigenvalue weighted by atomic mass is 10.1. The highest BCUT2D eigenvalue weighted by Crippen LogP contribution is 2.28. The molecule has 0 amide bonds. The van der Waals surface area contributed by atoms with Crippen LogP contribution in [0, 0.1) is 6.92 Å². The van der Waals surface area contributed by atoms with Crippen molar-refractivity contribution in [2.45, 2.75) is 19.9 Å². The van der Waals surface area contributed by atoms with Gasteiger partial charge in [0.25, 0.3) is 0 Å². The minimum absolute atomic E-state index is 0.336. The molecule has 0 aliphatic carbocycles. The summed E-state index contributed by atoms with van der Waals surface area (Å²) < 4.78 is 5.48. The largest absolute Gasteiger partial charge is 0.508 e. The molecule has 3 heteroatoms. The number of nitrogens with one attached hydrogen (secondary N) is 1. The Morgan fingerprint density at radius 3 is 3.00 bits per heavy atom. The highest BCUT2D eigenvalue weighted by atomic mass is 16.5. The molecule has 1 heterocycles. The lowest BCUT2D eigenvalue weighted by Gasteiger charge is -2.10. The Bertz CT molecular complexity index is 608. The number of hydrogen-bond acceptors (Lipinski definition) is 3. The molecule has 0 unspecified atom stereocenters. The molecule has 1 aliphatic heterocycles. The Labute approximate surface area is 112 Å². The van der Waals surface area contributed by atoms with E-state index in [1.807, 2.05) is 31.2 Å². The molecule has 3 rings (SSSR count). The number of aryl methyl sites for hydroxylation is 1. The smallest absolute Gasteiger partial charge is 0.122 e. The first kappa shape index (κ1) is 11.9. The van der Waals surface area contributed by atoms with Crippen molar-refractivity contribution in [1.29, 1.82) is 0 Å². The molecule has 0 fully saturated rings. The SMILES string of the molecule is Cc1ccc(O)c(CNc2ccc3c(c2)CCO3)c1. The average molecular weight is 255 g/mol. The Hall–Kier alpha value is -2.16. The van der Waals surface area contributed by atoms with Crippen molar-refractivity contribution in [1.82, 2.24) is 0 Å². The Morgan fingerprint density at radius 1 is 1.21 bits per heavy atom. The maximum Gasteiger partial charge on any atom is 0.122 e. The lowest BCUT2D eigenvalue weighted by molar-refractivity contribution is 0.357. The minimum atomic E-state index is 0.336. The zero-order valence-electron chi connectivity index (χ0n) is 10.9. The second-order valence-corrected chi connectivity index (χ2v) is 4.91. The molecule has 1 aliphatic rings. The Kier molecular flexibility index (Phi) is 3.03. The first-order valence-electron chi connectivity index (χ1n) is 6.50. The maximum atomic E-state index is 9.81. The first-order valence-corrected chi connectivity index (χ1v) is 6.50. The number of ether oxygens (including phenoxy) is 1. The van der Waals surface area contributed by atoms with Gasteiger partial charge in [-0.1, -0.05) is 17.7 Å². The third kappa shape index (κ3) is 2.50. The number of phenols is 1. The van der Waals surface area contributed by atoms with Crippen LogP contribution in [0.5, 0.6) is 11.5 Å². The zero-order valence-corrected chi connectivity index (χ0v) is 10.9. The molecule has 2 aromatic carbocycles. The first-order chi connectivity index (χ1) is 9.22. The molecular formula is C16H17NO2. The predicted molar refractivity (Wildman–Crippen MR) is 75.8 cm³/mol. The summed E-state index contributed by atoms with van der Waals surface area (Å²) in [6.45, 7) is 3.42. The molecule has 0 bridgehead atoms. The molecule has 0 atom stereocenters. The topological polar surface area (TPSA) is 41.5 Å². The van der Waals surface area contributed by atoms with E-state index >= 15 is 0 Å². The summed E-state index contributed by atoms with van der Waals surface area (Å²) >= 11 is 0. The van der Waals surface area contributed by atoms with Crippen molar-refractivity contribution in [2.75, 3.05) is 11.9 Å². The molecule has 2 aromatic rings. The van der Waals surface area contributed by atoms with E-state index in [1.165, 1.54) is 5.56 Å². The van der Waals surface area contributed by atoms with Gasteiger partial charge >= 0.3 is 0 Å². The number of anilines is 1. The van der Waals surface area contributed by atoms with Gasteiger partial charge in [0.2, 0.25) is 0 Å². The highest BCUT2D eigenvalue weighted by Gasteiger charge is 2.11. The van der Waals surface area contributed by atoms with Crippen molar-refractivity contribution in [3.05, 3.63) is 53.1 Å². The van der Waals surface area contributed by atoms with Crippen molar-refractivity contribution in [2.24, 2.45) is 0 Å². The Morgan fingerprint density at radius 2 is 2.11 bits per heavy atom. The fourth-order valence-corrected chi connectivity index (χ4v) is 2.35. The number of rotatable bonds is 3. The molecule has 2 N–H and O–H groups in total. The van der Waals surface area contributed by atoms with Crippen LogP contribution < -0.4 is 10.1 Å². The second-order valence-electron chi connectivity index (χ2n) is 4.91. The summed E-state index contributed by atoms with van der Waals surface area (Å²) in [4.78, 5) is 0. The van der Waals surface area contributed by atoms with E-state index in [0.717, 1.165) is 35.6 Å². The summed E-state index contributed by atoms with van der Waals surface area (Å²) in [7, 11) is 0. The Balaban J connectivity index is 1.74. The van der Waals surface area contributed by atoms with Gasteiger partial charge in [-0.2, -0.15) is 0 Å². The zero-order chi connectivity index (χ0) is 13.2. The van der Waals surface area contributed by atoms with Gasteiger partial charge in [-0.05, 0) is 36.8 Å². The average Bonchev–Trinajstić information content (AvgIpc) is 2.87. The van der Waals surface area contributed by atoms with Crippen molar-refractivity contribution < 1.29 is 9.84 Å². The minimum Gasteiger partial charge on any atom is -0.508 e.